The average Bonchev–Trinajstić information content (AvgIpc) is 2.81. The predicted octanol–water partition coefficient (Wildman–Crippen LogP) is 1.21. The zero-order chi connectivity index (χ0) is 15.8. The van der Waals surface area contributed by atoms with Gasteiger partial charge in [0.05, 0.1) is 4.90 Å². The molecule has 0 unspecified atom stereocenters. The van der Waals surface area contributed by atoms with E-state index in [1.807, 2.05) is 0 Å². The molecule has 21 heavy (non-hydrogen) atoms. The van der Waals surface area contributed by atoms with Crippen molar-refractivity contribution in [3.8, 4) is 11.5 Å². The molecule has 1 aliphatic rings. The molecule has 0 radical (unpaired) electrons. The summed E-state index contributed by atoms with van der Waals surface area (Å²) in [6, 6.07) is 2.48. The van der Waals surface area contributed by atoms with Crippen molar-refractivity contribution >= 4 is 16.0 Å². The van der Waals surface area contributed by atoms with Crippen LogP contribution < -0.4 is 9.47 Å². The number of ether oxygens (including phenoxy) is 2. The van der Waals surface area contributed by atoms with Crippen LogP contribution in [0.15, 0.2) is 17.0 Å². The van der Waals surface area contributed by atoms with Crippen LogP contribution in [-0.4, -0.2) is 43.2 Å². The predicted molar refractivity (Wildman–Crippen MR) is 74.0 cm³/mol. The third kappa shape index (κ3) is 2.96. The number of benzene rings is 1. The van der Waals surface area contributed by atoms with Gasteiger partial charge in [-0.1, -0.05) is 0 Å². The van der Waals surface area contributed by atoms with Gasteiger partial charge in [-0.05, 0) is 32.4 Å². The van der Waals surface area contributed by atoms with E-state index >= 15 is 0 Å². The standard InChI is InChI=1S/C13H17NO6S/c1-8(2)14(6-13(15)16)21(17,18)12-5-11-10(4-9(12)3)19-7-20-11/h4-5,8H,6-7H2,1-3H3,(H,15,16). The molecule has 116 valence electrons. The van der Waals surface area contributed by atoms with E-state index in [9.17, 15) is 13.2 Å². The number of carboxylic acids is 1. The maximum Gasteiger partial charge on any atom is 0.318 e. The monoisotopic (exact) mass is 315 g/mol. The molecule has 0 bridgehead atoms. The number of hydrogen-bond donors (Lipinski definition) is 1. The summed E-state index contributed by atoms with van der Waals surface area (Å²) in [4.78, 5) is 10.9. The fraction of sp³-hybridized carbons (Fsp3) is 0.462. The molecule has 2 rings (SSSR count). The molecule has 1 aromatic carbocycles. The molecule has 0 aliphatic carbocycles. The number of sulfonamides is 1. The Morgan fingerprint density at radius 2 is 1.90 bits per heavy atom. The van der Waals surface area contributed by atoms with Crippen LogP contribution in [0.5, 0.6) is 11.5 Å². The highest BCUT2D eigenvalue weighted by Gasteiger charge is 2.32. The molecule has 1 aromatic rings. The molecular weight excluding hydrogens is 298 g/mol. The summed E-state index contributed by atoms with van der Waals surface area (Å²) in [5, 5.41) is 8.92. The maximum absolute atomic E-state index is 12.7. The summed E-state index contributed by atoms with van der Waals surface area (Å²) >= 11 is 0. The Morgan fingerprint density at radius 3 is 2.43 bits per heavy atom. The molecule has 0 saturated heterocycles. The number of aliphatic carboxylic acids is 1. The lowest BCUT2D eigenvalue weighted by atomic mass is 10.2. The summed E-state index contributed by atoms with van der Waals surface area (Å²) < 4.78 is 36.7. The first kappa shape index (κ1) is 15.6. The molecule has 0 spiro atoms. The second kappa shape index (κ2) is 5.53. The largest absolute Gasteiger partial charge is 0.480 e. The van der Waals surface area contributed by atoms with Gasteiger partial charge >= 0.3 is 5.97 Å². The van der Waals surface area contributed by atoms with Crippen molar-refractivity contribution in [2.24, 2.45) is 0 Å². The lowest BCUT2D eigenvalue weighted by molar-refractivity contribution is -0.137. The average molecular weight is 315 g/mol. The number of hydrogen-bond acceptors (Lipinski definition) is 5. The first-order chi connectivity index (χ1) is 9.73. The molecule has 1 heterocycles. The van der Waals surface area contributed by atoms with Gasteiger partial charge in [-0.3, -0.25) is 4.79 Å². The summed E-state index contributed by atoms with van der Waals surface area (Å²) in [6.07, 6.45) is 0. The summed E-state index contributed by atoms with van der Waals surface area (Å²) in [6.45, 7) is 4.34. The Kier molecular flexibility index (Phi) is 4.11. The molecule has 7 nitrogen and oxygen atoms in total. The first-order valence-electron chi connectivity index (χ1n) is 6.37. The topological polar surface area (TPSA) is 93.1 Å². The third-order valence-corrected chi connectivity index (χ3v) is 5.29. The van der Waals surface area contributed by atoms with Crippen molar-refractivity contribution in [1.82, 2.24) is 4.31 Å². The fourth-order valence-electron chi connectivity index (χ4n) is 2.11. The van der Waals surface area contributed by atoms with Crippen molar-refractivity contribution in [3.63, 3.8) is 0 Å². The van der Waals surface area contributed by atoms with Gasteiger partial charge in [0.2, 0.25) is 16.8 Å². The van der Waals surface area contributed by atoms with Crippen molar-refractivity contribution in [3.05, 3.63) is 17.7 Å². The second-order valence-corrected chi connectivity index (χ2v) is 6.87. The highest BCUT2D eigenvalue weighted by Crippen LogP contribution is 2.37. The Morgan fingerprint density at radius 1 is 1.33 bits per heavy atom. The van der Waals surface area contributed by atoms with E-state index < -0.39 is 28.6 Å². The molecule has 1 N–H and O–H groups in total. The SMILES string of the molecule is Cc1cc2c(cc1S(=O)(=O)N(CC(=O)O)C(C)C)OCO2. The van der Waals surface area contributed by atoms with Crippen LogP contribution in [0.4, 0.5) is 0 Å². The smallest absolute Gasteiger partial charge is 0.318 e. The third-order valence-electron chi connectivity index (χ3n) is 3.12. The lowest BCUT2D eigenvalue weighted by Crippen LogP contribution is -2.40. The number of nitrogens with zero attached hydrogens (tertiary/aromatic N) is 1. The molecular formula is C13H17NO6S. The van der Waals surface area contributed by atoms with Gasteiger partial charge in [-0.2, -0.15) is 4.31 Å². The van der Waals surface area contributed by atoms with E-state index in [1.54, 1.807) is 26.8 Å². The molecule has 0 amide bonds. The van der Waals surface area contributed by atoms with Gasteiger partial charge in [-0.25, -0.2) is 8.42 Å². The molecule has 0 atom stereocenters. The van der Waals surface area contributed by atoms with Crippen molar-refractivity contribution in [1.29, 1.82) is 0 Å². The van der Waals surface area contributed by atoms with Crippen LogP contribution in [0.1, 0.15) is 19.4 Å². The van der Waals surface area contributed by atoms with Crippen LogP contribution in [-0.2, 0) is 14.8 Å². The molecule has 8 heteroatoms. The maximum atomic E-state index is 12.7. The van der Waals surface area contributed by atoms with E-state index in [0.29, 0.717) is 17.1 Å². The van der Waals surface area contributed by atoms with Crippen molar-refractivity contribution in [2.75, 3.05) is 13.3 Å². The number of carboxylic acid groups (broad SMARTS) is 1. The summed E-state index contributed by atoms with van der Waals surface area (Å²) in [7, 11) is -3.93. The van der Waals surface area contributed by atoms with Crippen LogP contribution in [0.3, 0.4) is 0 Å². The van der Waals surface area contributed by atoms with Gasteiger partial charge in [0, 0.05) is 12.1 Å². The van der Waals surface area contributed by atoms with E-state index in [2.05, 4.69) is 0 Å². The lowest BCUT2D eigenvalue weighted by Gasteiger charge is -2.25. The van der Waals surface area contributed by atoms with Gasteiger partial charge in [-0.15, -0.1) is 0 Å². The first-order valence-corrected chi connectivity index (χ1v) is 7.81. The van der Waals surface area contributed by atoms with E-state index in [-0.39, 0.29) is 11.7 Å². The minimum atomic E-state index is -3.93. The Labute approximate surface area is 123 Å². The van der Waals surface area contributed by atoms with E-state index in [0.717, 1.165) is 4.31 Å². The Bertz CT molecular complexity index is 667. The van der Waals surface area contributed by atoms with E-state index in [1.165, 1.54) is 6.07 Å². The second-order valence-electron chi connectivity index (χ2n) is 5.01. The molecule has 0 fully saturated rings. The quantitative estimate of drug-likeness (QED) is 0.878. The summed E-state index contributed by atoms with van der Waals surface area (Å²) in [5.74, 6) is -0.371. The van der Waals surface area contributed by atoms with Crippen LogP contribution in [0, 0.1) is 6.92 Å². The Hall–Kier alpha value is -1.80. The fourth-order valence-corrected chi connectivity index (χ4v) is 3.92. The molecule has 1 aliphatic heterocycles. The highest BCUT2D eigenvalue weighted by atomic mass is 32.2. The number of carbonyl (C=O) groups is 1. The zero-order valence-corrected chi connectivity index (χ0v) is 12.8. The van der Waals surface area contributed by atoms with Gasteiger partial charge in [0.25, 0.3) is 0 Å². The van der Waals surface area contributed by atoms with Crippen LogP contribution in [0.2, 0.25) is 0 Å². The minimum absolute atomic E-state index is 0.0294. The van der Waals surface area contributed by atoms with Crippen LogP contribution >= 0.6 is 0 Å². The number of fused-ring (bicyclic) bond motifs is 1. The summed E-state index contributed by atoms with van der Waals surface area (Å²) in [5.41, 5.74) is 0.482. The zero-order valence-electron chi connectivity index (χ0n) is 12.0. The normalized spacial score (nSPS) is 14.0. The van der Waals surface area contributed by atoms with Crippen LogP contribution in [0.25, 0.3) is 0 Å². The minimum Gasteiger partial charge on any atom is -0.480 e. The van der Waals surface area contributed by atoms with E-state index in [4.69, 9.17) is 14.6 Å². The van der Waals surface area contributed by atoms with Gasteiger partial charge in [0.1, 0.15) is 6.54 Å². The van der Waals surface area contributed by atoms with Gasteiger partial charge < -0.3 is 14.6 Å². The number of aryl methyl sites for hydroxylation is 1. The molecule has 0 aromatic heterocycles. The van der Waals surface area contributed by atoms with Crippen molar-refractivity contribution in [2.45, 2.75) is 31.7 Å². The van der Waals surface area contributed by atoms with Crippen molar-refractivity contribution < 1.29 is 27.8 Å². The molecule has 0 saturated carbocycles. The Balaban J connectivity index is 2.50. The van der Waals surface area contributed by atoms with Gasteiger partial charge in [0.15, 0.2) is 11.5 Å². The number of rotatable bonds is 5. The highest BCUT2D eigenvalue weighted by molar-refractivity contribution is 7.89.